The number of nitrogens with one attached hydrogen (secondary N) is 1. The van der Waals surface area contributed by atoms with Crippen LogP contribution in [-0.4, -0.2) is 35.4 Å². The van der Waals surface area contributed by atoms with Crippen molar-refractivity contribution >= 4 is 35.0 Å². The molecule has 30 heavy (non-hydrogen) atoms. The summed E-state index contributed by atoms with van der Waals surface area (Å²) in [6, 6.07) is 11.7. The molecule has 0 aliphatic heterocycles. The van der Waals surface area contributed by atoms with Crippen molar-refractivity contribution in [1.82, 2.24) is 10.2 Å². The maximum Gasteiger partial charge on any atom is 0.242 e. The number of carbonyl (C=O) groups is 2. The molecule has 0 saturated heterocycles. The summed E-state index contributed by atoms with van der Waals surface area (Å²) in [6.45, 7) is 7.52. The molecule has 1 atom stereocenters. The van der Waals surface area contributed by atoms with Gasteiger partial charge in [0.2, 0.25) is 11.8 Å². The van der Waals surface area contributed by atoms with Crippen molar-refractivity contribution in [3.05, 3.63) is 63.6 Å². The average molecular weight is 451 g/mol. The molecule has 0 heterocycles. The Hall–Kier alpha value is -2.24. The topological polar surface area (TPSA) is 58.6 Å². The molecule has 2 rings (SSSR count). The summed E-state index contributed by atoms with van der Waals surface area (Å²) >= 11 is 12.7. The number of hydrogen-bond donors (Lipinski definition) is 1. The van der Waals surface area contributed by atoms with Crippen LogP contribution in [0.4, 0.5) is 0 Å². The first-order chi connectivity index (χ1) is 14.0. The highest BCUT2D eigenvalue weighted by molar-refractivity contribution is 6.36. The molecule has 2 aromatic carbocycles. The zero-order chi connectivity index (χ0) is 22.5. The fraction of sp³-hybridized carbons (Fsp3) is 0.391. The van der Waals surface area contributed by atoms with E-state index in [1.54, 1.807) is 44.4 Å². The molecule has 0 radical (unpaired) electrons. The van der Waals surface area contributed by atoms with Gasteiger partial charge >= 0.3 is 0 Å². The SMILES string of the molecule is COc1ccc(CC(=O)N(Cc2c(Cl)cccc2Cl)C(C)C(=O)NC(C)(C)C)cc1. The third-order valence-electron chi connectivity index (χ3n) is 4.57. The summed E-state index contributed by atoms with van der Waals surface area (Å²) in [5.74, 6) is 0.269. The van der Waals surface area contributed by atoms with E-state index < -0.39 is 11.6 Å². The summed E-state index contributed by atoms with van der Waals surface area (Å²) in [7, 11) is 1.59. The summed E-state index contributed by atoms with van der Waals surface area (Å²) in [5.41, 5.74) is 1.01. The van der Waals surface area contributed by atoms with Gasteiger partial charge in [-0.25, -0.2) is 0 Å². The number of methoxy groups -OCH3 is 1. The molecule has 2 amide bonds. The minimum atomic E-state index is -0.706. The van der Waals surface area contributed by atoms with Gasteiger partial charge in [0.25, 0.3) is 0 Å². The predicted octanol–water partition coefficient (Wildman–Crippen LogP) is 4.88. The zero-order valence-corrected chi connectivity index (χ0v) is 19.5. The summed E-state index contributed by atoms with van der Waals surface area (Å²) in [6.07, 6.45) is 0.138. The molecule has 162 valence electrons. The molecule has 1 unspecified atom stereocenters. The lowest BCUT2D eigenvalue weighted by molar-refractivity contribution is -0.140. The van der Waals surface area contributed by atoms with E-state index in [4.69, 9.17) is 27.9 Å². The molecule has 0 aromatic heterocycles. The van der Waals surface area contributed by atoms with E-state index in [1.165, 1.54) is 4.90 Å². The van der Waals surface area contributed by atoms with Crippen molar-refractivity contribution in [3.63, 3.8) is 0 Å². The molecule has 0 spiro atoms. The van der Waals surface area contributed by atoms with Gasteiger partial charge in [0.1, 0.15) is 11.8 Å². The Balaban J connectivity index is 2.31. The summed E-state index contributed by atoms with van der Waals surface area (Å²) < 4.78 is 5.17. The highest BCUT2D eigenvalue weighted by atomic mass is 35.5. The second-order valence-corrected chi connectivity index (χ2v) is 8.98. The van der Waals surface area contributed by atoms with Gasteiger partial charge in [0.15, 0.2) is 0 Å². The van der Waals surface area contributed by atoms with Crippen molar-refractivity contribution in [2.75, 3.05) is 7.11 Å². The molecule has 5 nitrogen and oxygen atoms in total. The molecule has 0 fully saturated rings. The van der Waals surface area contributed by atoms with Crippen LogP contribution in [0.3, 0.4) is 0 Å². The van der Waals surface area contributed by atoms with Crippen molar-refractivity contribution in [1.29, 1.82) is 0 Å². The van der Waals surface area contributed by atoms with Gasteiger partial charge in [-0.2, -0.15) is 0 Å². The Morgan fingerprint density at radius 1 is 1.07 bits per heavy atom. The Morgan fingerprint density at radius 3 is 2.13 bits per heavy atom. The normalized spacial score (nSPS) is 12.2. The van der Waals surface area contributed by atoms with Crippen LogP contribution in [0.5, 0.6) is 5.75 Å². The van der Waals surface area contributed by atoms with E-state index in [1.807, 2.05) is 32.9 Å². The molecule has 2 aromatic rings. The fourth-order valence-corrected chi connectivity index (χ4v) is 3.45. The first-order valence-corrected chi connectivity index (χ1v) is 10.4. The van der Waals surface area contributed by atoms with Crippen molar-refractivity contribution in [3.8, 4) is 5.75 Å². The molecule has 7 heteroatoms. The zero-order valence-electron chi connectivity index (χ0n) is 18.0. The third kappa shape index (κ3) is 6.64. The van der Waals surface area contributed by atoms with Crippen LogP contribution in [0.25, 0.3) is 0 Å². The highest BCUT2D eigenvalue weighted by Crippen LogP contribution is 2.27. The number of amides is 2. The number of rotatable bonds is 7. The van der Waals surface area contributed by atoms with Crippen LogP contribution in [0.2, 0.25) is 10.0 Å². The maximum atomic E-state index is 13.2. The van der Waals surface area contributed by atoms with E-state index in [-0.39, 0.29) is 24.8 Å². The van der Waals surface area contributed by atoms with E-state index in [2.05, 4.69) is 5.32 Å². The highest BCUT2D eigenvalue weighted by Gasteiger charge is 2.29. The standard InChI is InChI=1S/C23H28Cl2N2O3/c1-15(22(29)26-23(2,3)4)27(14-18-19(24)7-6-8-20(18)25)21(28)13-16-9-11-17(30-5)12-10-16/h6-12,15H,13-14H2,1-5H3,(H,26,29). The van der Waals surface area contributed by atoms with E-state index in [9.17, 15) is 9.59 Å². The summed E-state index contributed by atoms with van der Waals surface area (Å²) in [4.78, 5) is 27.6. The Bertz CT molecular complexity index is 872. The lowest BCUT2D eigenvalue weighted by atomic mass is 10.1. The minimum Gasteiger partial charge on any atom is -0.497 e. The third-order valence-corrected chi connectivity index (χ3v) is 5.28. The molecule has 0 aliphatic carbocycles. The van der Waals surface area contributed by atoms with Crippen LogP contribution in [0.15, 0.2) is 42.5 Å². The van der Waals surface area contributed by atoms with Crippen LogP contribution >= 0.6 is 23.2 Å². The monoisotopic (exact) mass is 450 g/mol. The van der Waals surface area contributed by atoms with Crippen molar-refractivity contribution in [2.45, 2.75) is 52.2 Å². The Labute approximate surface area is 188 Å². The van der Waals surface area contributed by atoms with Gasteiger partial charge in [-0.15, -0.1) is 0 Å². The van der Waals surface area contributed by atoms with Crippen LogP contribution in [-0.2, 0) is 22.6 Å². The summed E-state index contributed by atoms with van der Waals surface area (Å²) in [5, 5.41) is 3.84. The Morgan fingerprint density at radius 2 is 1.63 bits per heavy atom. The van der Waals surface area contributed by atoms with E-state index >= 15 is 0 Å². The largest absolute Gasteiger partial charge is 0.497 e. The molecule has 0 aliphatic rings. The minimum absolute atomic E-state index is 0.131. The second-order valence-electron chi connectivity index (χ2n) is 8.16. The number of ether oxygens (including phenoxy) is 1. The molecular weight excluding hydrogens is 423 g/mol. The fourth-order valence-electron chi connectivity index (χ4n) is 2.93. The lowest BCUT2D eigenvalue weighted by Crippen LogP contribution is -2.52. The molecule has 1 N–H and O–H groups in total. The van der Waals surface area contributed by atoms with Gasteiger partial charge < -0.3 is 15.0 Å². The number of hydrogen-bond acceptors (Lipinski definition) is 3. The number of carbonyl (C=O) groups excluding carboxylic acids is 2. The van der Waals surface area contributed by atoms with E-state index in [0.29, 0.717) is 21.4 Å². The van der Waals surface area contributed by atoms with Crippen LogP contribution < -0.4 is 10.1 Å². The molecular formula is C23H28Cl2N2O3. The first-order valence-electron chi connectivity index (χ1n) is 9.69. The van der Waals surface area contributed by atoms with Crippen molar-refractivity contribution in [2.24, 2.45) is 0 Å². The molecule has 0 saturated carbocycles. The smallest absolute Gasteiger partial charge is 0.242 e. The van der Waals surface area contributed by atoms with Gasteiger partial charge in [-0.05, 0) is 57.5 Å². The van der Waals surface area contributed by atoms with Crippen molar-refractivity contribution < 1.29 is 14.3 Å². The van der Waals surface area contributed by atoms with Gasteiger partial charge in [-0.1, -0.05) is 41.4 Å². The lowest BCUT2D eigenvalue weighted by Gasteiger charge is -2.32. The van der Waals surface area contributed by atoms with Gasteiger partial charge in [0, 0.05) is 27.7 Å². The predicted molar refractivity (Wildman–Crippen MR) is 121 cm³/mol. The first kappa shape index (κ1) is 24.0. The second kappa shape index (κ2) is 10.2. The maximum absolute atomic E-state index is 13.2. The average Bonchev–Trinajstić information content (AvgIpc) is 2.66. The number of nitrogens with zero attached hydrogens (tertiary/aromatic N) is 1. The number of halogens is 2. The van der Waals surface area contributed by atoms with Gasteiger partial charge in [0.05, 0.1) is 13.5 Å². The molecule has 0 bridgehead atoms. The van der Waals surface area contributed by atoms with Crippen LogP contribution in [0, 0.1) is 0 Å². The number of benzene rings is 2. The Kier molecular flexibility index (Phi) is 8.16. The van der Waals surface area contributed by atoms with Gasteiger partial charge in [-0.3, -0.25) is 9.59 Å². The van der Waals surface area contributed by atoms with Crippen LogP contribution in [0.1, 0.15) is 38.8 Å². The van der Waals surface area contributed by atoms with E-state index in [0.717, 1.165) is 5.56 Å². The quantitative estimate of drug-likeness (QED) is 0.653.